The fourth-order valence-corrected chi connectivity index (χ4v) is 0.933. The molecule has 0 aliphatic heterocycles. The van der Waals surface area contributed by atoms with Gasteiger partial charge in [-0.05, 0) is 6.92 Å². The molecule has 0 saturated heterocycles. The second-order valence-electron chi connectivity index (χ2n) is 2.20. The average molecular weight is 150 g/mol. The molecule has 0 spiro atoms. The van der Waals surface area contributed by atoms with Crippen molar-refractivity contribution in [1.82, 2.24) is 9.78 Å². The lowest BCUT2D eigenvalue weighted by molar-refractivity contribution is 0.366. The Bertz CT molecular complexity index is 283. The molecule has 0 radical (unpaired) electrons. The van der Waals surface area contributed by atoms with E-state index in [4.69, 9.17) is 11.2 Å². The van der Waals surface area contributed by atoms with E-state index in [1.165, 1.54) is 0 Å². The maximum atomic E-state index is 5.13. The molecule has 0 saturated carbocycles. The zero-order valence-electron chi connectivity index (χ0n) is 6.66. The first-order valence-electron chi connectivity index (χ1n) is 3.29. The monoisotopic (exact) mass is 150 g/mol. The summed E-state index contributed by atoms with van der Waals surface area (Å²) in [7, 11) is 1.61. The highest BCUT2D eigenvalue weighted by atomic mass is 16.5. The van der Waals surface area contributed by atoms with Gasteiger partial charge in [-0.25, -0.2) is 4.68 Å². The Morgan fingerprint density at radius 2 is 2.55 bits per heavy atom. The minimum Gasteiger partial charge on any atom is -0.481 e. The Morgan fingerprint density at radius 3 is 3.09 bits per heavy atom. The smallest absolute Gasteiger partial charge is 0.215 e. The minimum atomic E-state index is 0.455. The van der Waals surface area contributed by atoms with Crippen LogP contribution in [0.2, 0.25) is 0 Å². The number of nitrogens with zero attached hydrogens (tertiary/aromatic N) is 2. The van der Waals surface area contributed by atoms with Crippen molar-refractivity contribution in [3.8, 4) is 18.2 Å². The van der Waals surface area contributed by atoms with Crippen LogP contribution in [0.1, 0.15) is 5.56 Å². The first kappa shape index (κ1) is 7.67. The maximum absolute atomic E-state index is 5.13. The molecule has 58 valence electrons. The number of terminal acetylenes is 1. The van der Waals surface area contributed by atoms with E-state index < -0.39 is 0 Å². The van der Waals surface area contributed by atoms with Crippen LogP contribution in [0.25, 0.3) is 0 Å². The van der Waals surface area contributed by atoms with Crippen molar-refractivity contribution in [3.63, 3.8) is 0 Å². The molecule has 0 aliphatic carbocycles. The van der Waals surface area contributed by atoms with E-state index in [2.05, 4.69) is 11.0 Å². The van der Waals surface area contributed by atoms with Crippen molar-refractivity contribution in [1.29, 1.82) is 0 Å². The lowest BCUT2D eigenvalue weighted by Gasteiger charge is -2.01. The van der Waals surface area contributed by atoms with Crippen molar-refractivity contribution in [2.75, 3.05) is 7.11 Å². The Labute approximate surface area is 66.0 Å². The number of hydrogen-bond donors (Lipinski definition) is 0. The van der Waals surface area contributed by atoms with Gasteiger partial charge in [0.1, 0.15) is 6.54 Å². The van der Waals surface area contributed by atoms with Gasteiger partial charge in [-0.15, -0.1) is 6.42 Å². The first-order valence-corrected chi connectivity index (χ1v) is 3.29. The van der Waals surface area contributed by atoms with E-state index in [0.29, 0.717) is 6.54 Å². The van der Waals surface area contributed by atoms with Crippen molar-refractivity contribution in [3.05, 3.63) is 11.8 Å². The van der Waals surface area contributed by atoms with Crippen LogP contribution >= 0.6 is 0 Å². The molecule has 0 aromatic carbocycles. The highest BCUT2D eigenvalue weighted by Gasteiger charge is 2.04. The van der Waals surface area contributed by atoms with Crippen molar-refractivity contribution in [2.24, 2.45) is 0 Å². The SMILES string of the molecule is C#CCn1ncc(C)c1OC. The normalized spacial score (nSPS) is 9.18. The van der Waals surface area contributed by atoms with Gasteiger partial charge in [-0.3, -0.25) is 0 Å². The molecule has 0 bridgehead atoms. The highest BCUT2D eigenvalue weighted by Crippen LogP contribution is 2.14. The quantitative estimate of drug-likeness (QED) is 0.584. The van der Waals surface area contributed by atoms with Gasteiger partial charge in [-0.2, -0.15) is 5.10 Å². The Balaban J connectivity index is 2.97. The number of aromatic nitrogens is 2. The average Bonchev–Trinajstić information content (AvgIpc) is 2.33. The van der Waals surface area contributed by atoms with E-state index >= 15 is 0 Å². The number of methoxy groups -OCH3 is 1. The number of hydrogen-bond acceptors (Lipinski definition) is 2. The summed E-state index contributed by atoms with van der Waals surface area (Å²) in [6.45, 7) is 2.38. The summed E-state index contributed by atoms with van der Waals surface area (Å²) in [5, 5.41) is 4.03. The third-order valence-electron chi connectivity index (χ3n) is 1.40. The Morgan fingerprint density at radius 1 is 1.82 bits per heavy atom. The van der Waals surface area contributed by atoms with Crippen LogP contribution in [0, 0.1) is 19.3 Å². The zero-order valence-corrected chi connectivity index (χ0v) is 6.66. The molecule has 3 heteroatoms. The fourth-order valence-electron chi connectivity index (χ4n) is 0.933. The van der Waals surface area contributed by atoms with Crippen LogP contribution in [-0.2, 0) is 6.54 Å². The summed E-state index contributed by atoms with van der Waals surface area (Å²) < 4.78 is 6.72. The van der Waals surface area contributed by atoms with Crippen LogP contribution in [0.15, 0.2) is 6.20 Å². The van der Waals surface area contributed by atoms with Gasteiger partial charge in [-0.1, -0.05) is 5.92 Å². The number of rotatable bonds is 2. The predicted molar refractivity (Wildman–Crippen MR) is 42.3 cm³/mol. The van der Waals surface area contributed by atoms with Crippen molar-refractivity contribution < 1.29 is 4.74 Å². The van der Waals surface area contributed by atoms with Gasteiger partial charge in [0.15, 0.2) is 0 Å². The summed E-state index contributed by atoms with van der Waals surface area (Å²) >= 11 is 0. The molecule has 1 aromatic heterocycles. The Kier molecular flexibility index (Phi) is 2.17. The van der Waals surface area contributed by atoms with E-state index in [9.17, 15) is 0 Å². The van der Waals surface area contributed by atoms with Gasteiger partial charge in [0.05, 0.1) is 13.3 Å². The van der Waals surface area contributed by atoms with E-state index in [0.717, 1.165) is 11.4 Å². The molecule has 3 nitrogen and oxygen atoms in total. The van der Waals surface area contributed by atoms with Crippen molar-refractivity contribution >= 4 is 0 Å². The molecule has 0 amide bonds. The van der Waals surface area contributed by atoms with Crippen LogP contribution in [0.3, 0.4) is 0 Å². The molecule has 0 atom stereocenters. The van der Waals surface area contributed by atoms with Crippen LogP contribution in [0.4, 0.5) is 0 Å². The molecular weight excluding hydrogens is 140 g/mol. The third-order valence-corrected chi connectivity index (χ3v) is 1.40. The first-order chi connectivity index (χ1) is 5.29. The molecule has 0 N–H and O–H groups in total. The van der Waals surface area contributed by atoms with Gasteiger partial charge in [0.25, 0.3) is 0 Å². The molecule has 1 aromatic rings. The summed E-state index contributed by atoms with van der Waals surface area (Å²) in [5.41, 5.74) is 1.00. The summed E-state index contributed by atoms with van der Waals surface area (Å²) in [6.07, 6.45) is 6.86. The van der Waals surface area contributed by atoms with Gasteiger partial charge in [0.2, 0.25) is 5.88 Å². The molecule has 11 heavy (non-hydrogen) atoms. The highest BCUT2D eigenvalue weighted by molar-refractivity contribution is 5.22. The largest absolute Gasteiger partial charge is 0.481 e. The van der Waals surface area contributed by atoms with Crippen LogP contribution in [0.5, 0.6) is 5.88 Å². The predicted octanol–water partition coefficient (Wildman–Crippen LogP) is 0.833. The second kappa shape index (κ2) is 3.11. The third kappa shape index (κ3) is 1.35. The topological polar surface area (TPSA) is 27.1 Å². The maximum Gasteiger partial charge on any atom is 0.215 e. The lowest BCUT2D eigenvalue weighted by Crippen LogP contribution is -2.00. The van der Waals surface area contributed by atoms with E-state index in [1.54, 1.807) is 18.0 Å². The molecule has 0 fully saturated rings. The fraction of sp³-hybridized carbons (Fsp3) is 0.375. The zero-order chi connectivity index (χ0) is 8.27. The molecule has 0 unspecified atom stereocenters. The summed E-state index contributed by atoms with van der Waals surface area (Å²) in [4.78, 5) is 0. The molecular formula is C8H10N2O. The van der Waals surface area contributed by atoms with Gasteiger partial charge in [0, 0.05) is 5.56 Å². The van der Waals surface area contributed by atoms with Gasteiger partial charge < -0.3 is 4.74 Å². The summed E-state index contributed by atoms with van der Waals surface area (Å²) in [6, 6.07) is 0. The Hall–Kier alpha value is -1.43. The standard InChI is InChI=1S/C8H10N2O/c1-4-5-10-8(11-3)7(2)6-9-10/h1,6H,5H2,2-3H3. The van der Waals surface area contributed by atoms with Crippen LogP contribution in [-0.4, -0.2) is 16.9 Å². The lowest BCUT2D eigenvalue weighted by atomic mass is 10.4. The molecule has 0 aliphatic rings. The molecule has 1 heterocycles. The van der Waals surface area contributed by atoms with E-state index in [-0.39, 0.29) is 0 Å². The molecule has 1 rings (SSSR count). The van der Waals surface area contributed by atoms with Crippen molar-refractivity contribution in [2.45, 2.75) is 13.5 Å². The van der Waals surface area contributed by atoms with Gasteiger partial charge >= 0.3 is 0 Å². The number of aryl methyl sites for hydroxylation is 1. The summed E-state index contributed by atoms with van der Waals surface area (Å²) in [5.74, 6) is 3.23. The van der Waals surface area contributed by atoms with Crippen LogP contribution < -0.4 is 4.74 Å². The minimum absolute atomic E-state index is 0.455. The van der Waals surface area contributed by atoms with E-state index in [1.807, 2.05) is 6.92 Å². The second-order valence-corrected chi connectivity index (χ2v) is 2.20. The number of ether oxygens (including phenoxy) is 1.